The van der Waals surface area contributed by atoms with Gasteiger partial charge in [0, 0.05) is 6.21 Å². The summed E-state index contributed by atoms with van der Waals surface area (Å²) in [5.41, 5.74) is 3.44. The maximum atomic E-state index is 13.1. The molecule has 1 saturated heterocycles. The summed E-state index contributed by atoms with van der Waals surface area (Å²) in [4.78, 5) is 11.9. The van der Waals surface area contributed by atoms with Crippen LogP contribution in [0.2, 0.25) is 0 Å². The molecule has 222 valence electrons. The smallest absolute Gasteiger partial charge is 0.231 e. The van der Waals surface area contributed by atoms with E-state index in [1.165, 1.54) is 6.21 Å². The Balaban J connectivity index is 1.54. The van der Waals surface area contributed by atoms with Gasteiger partial charge in [-0.2, -0.15) is 15.1 Å². The molecule has 3 heterocycles. The third-order valence-corrected chi connectivity index (χ3v) is 9.70. The number of para-hydroxylation sites is 1. The number of benzene rings is 2. The molecule has 5 rings (SSSR count). The number of ether oxygens (including phenoxy) is 1. The summed E-state index contributed by atoms with van der Waals surface area (Å²) in [5.74, 6) is 1.65. The number of anilines is 4. The third kappa shape index (κ3) is 6.09. The number of fused-ring (bicyclic) bond motifs is 1. The van der Waals surface area contributed by atoms with Crippen molar-refractivity contribution in [2.45, 2.75) is 62.7 Å². The zero-order valence-corrected chi connectivity index (χ0v) is 25.4. The van der Waals surface area contributed by atoms with Crippen LogP contribution in [0, 0.1) is 5.41 Å². The minimum atomic E-state index is -3.55. The molecule has 0 saturated carbocycles. The molecule has 1 aliphatic rings. The van der Waals surface area contributed by atoms with Gasteiger partial charge in [-0.15, -0.1) is 0 Å². The molecule has 1 fully saturated rings. The van der Waals surface area contributed by atoms with E-state index in [-0.39, 0.29) is 16.9 Å². The lowest BCUT2D eigenvalue weighted by molar-refractivity contribution is 0.241. The predicted octanol–water partition coefficient (Wildman–Crippen LogP) is 5.62. The molecule has 2 aromatic heterocycles. The number of nitrogens with zero attached hydrogens (tertiary/aromatic N) is 4. The van der Waals surface area contributed by atoms with Crippen molar-refractivity contribution in [1.29, 1.82) is 5.41 Å². The van der Waals surface area contributed by atoms with Crippen LogP contribution in [-0.2, 0) is 9.84 Å². The monoisotopic (exact) mass is 590 g/mol. The van der Waals surface area contributed by atoms with Gasteiger partial charge in [0.15, 0.2) is 15.5 Å². The van der Waals surface area contributed by atoms with Crippen LogP contribution < -0.4 is 15.4 Å². The quantitative estimate of drug-likeness (QED) is 0.173. The molecule has 0 spiro atoms. The molecule has 0 amide bonds. The van der Waals surface area contributed by atoms with Crippen LogP contribution >= 0.6 is 0 Å². The van der Waals surface area contributed by atoms with Crippen molar-refractivity contribution in [3.8, 4) is 5.75 Å². The van der Waals surface area contributed by atoms with E-state index in [1.54, 1.807) is 44.3 Å². The molecule has 11 nitrogen and oxygen atoms in total. The average molecular weight is 591 g/mol. The summed E-state index contributed by atoms with van der Waals surface area (Å²) in [7, 11) is -1.42. The average Bonchev–Trinajstić information content (AvgIpc) is 3.43. The first-order valence-corrected chi connectivity index (χ1v) is 15.7. The van der Waals surface area contributed by atoms with Crippen LogP contribution in [0.3, 0.4) is 0 Å². The summed E-state index contributed by atoms with van der Waals surface area (Å²) in [6, 6.07) is 10.7. The lowest BCUT2D eigenvalue weighted by atomic mass is 9.86. The Kier molecular flexibility index (Phi) is 8.46. The van der Waals surface area contributed by atoms with Gasteiger partial charge < -0.3 is 25.7 Å². The van der Waals surface area contributed by atoms with Crippen LogP contribution in [0.4, 0.5) is 23.1 Å². The van der Waals surface area contributed by atoms with Crippen LogP contribution in [0.1, 0.15) is 57.6 Å². The highest BCUT2D eigenvalue weighted by atomic mass is 32.2. The second kappa shape index (κ2) is 12.1. The predicted molar refractivity (Wildman–Crippen MR) is 167 cm³/mol. The van der Waals surface area contributed by atoms with Gasteiger partial charge in [0.05, 0.1) is 39.2 Å². The standard InChI is InChI=1S/C30H38N8O3S/c1-18(2)41-26-15-22(20-10-12-38(5)13-11-20)21(16-31)14-25(26)34-30-35-28(23-17-32-37-29(23)36-30)33-24-8-6-7-9-27(24)42(39,40)19(3)4/h6-9,14-20,31H,10-13H2,1-5H3,(H3,32,33,34,35,36,37). The molecule has 4 N–H and O–H groups in total. The fourth-order valence-electron chi connectivity index (χ4n) is 5.17. The largest absolute Gasteiger partial charge is 0.489 e. The molecular formula is C30H38N8O3S. The van der Waals surface area contributed by atoms with Gasteiger partial charge in [-0.25, -0.2) is 8.42 Å². The van der Waals surface area contributed by atoms with Crippen molar-refractivity contribution >= 4 is 50.2 Å². The number of piperidine rings is 1. The summed E-state index contributed by atoms with van der Waals surface area (Å²) in [6.07, 6.45) is 4.95. The number of likely N-dealkylation sites (tertiary alicyclic amines) is 1. The van der Waals surface area contributed by atoms with Crippen molar-refractivity contribution in [1.82, 2.24) is 25.1 Å². The molecule has 0 atom stereocenters. The number of hydrogen-bond acceptors (Lipinski definition) is 10. The van der Waals surface area contributed by atoms with Gasteiger partial charge >= 0.3 is 0 Å². The highest BCUT2D eigenvalue weighted by molar-refractivity contribution is 7.92. The van der Waals surface area contributed by atoms with Gasteiger partial charge in [0.25, 0.3) is 0 Å². The topological polar surface area (TPSA) is 149 Å². The highest BCUT2D eigenvalue weighted by Gasteiger charge is 2.25. The number of sulfone groups is 1. The van der Waals surface area contributed by atoms with Crippen molar-refractivity contribution in [3.05, 3.63) is 53.7 Å². The first kappa shape index (κ1) is 29.5. The Morgan fingerprint density at radius 2 is 1.81 bits per heavy atom. The van der Waals surface area contributed by atoms with E-state index in [2.05, 4.69) is 37.8 Å². The zero-order valence-electron chi connectivity index (χ0n) is 24.6. The first-order chi connectivity index (χ1) is 20.1. The number of H-pyrrole nitrogens is 1. The highest BCUT2D eigenvalue weighted by Crippen LogP contribution is 2.38. The molecular weight excluding hydrogens is 552 g/mol. The van der Waals surface area contributed by atoms with Gasteiger partial charge in [0.2, 0.25) is 5.95 Å². The minimum absolute atomic E-state index is 0.0747. The van der Waals surface area contributed by atoms with Crippen molar-refractivity contribution in [3.63, 3.8) is 0 Å². The molecule has 42 heavy (non-hydrogen) atoms. The van der Waals surface area contributed by atoms with E-state index in [0.29, 0.717) is 39.9 Å². The van der Waals surface area contributed by atoms with Gasteiger partial charge in [0.1, 0.15) is 11.6 Å². The fourth-order valence-corrected chi connectivity index (χ4v) is 6.37. The van der Waals surface area contributed by atoms with E-state index < -0.39 is 15.1 Å². The summed E-state index contributed by atoms with van der Waals surface area (Å²) in [5, 5.41) is 21.7. The lowest BCUT2D eigenvalue weighted by Crippen LogP contribution is -2.29. The number of nitrogens with one attached hydrogen (secondary N) is 4. The fraction of sp³-hybridized carbons (Fsp3) is 0.400. The van der Waals surface area contributed by atoms with Crippen LogP contribution in [-0.4, -0.2) is 71.2 Å². The number of rotatable bonds is 10. The van der Waals surface area contributed by atoms with E-state index >= 15 is 0 Å². The van der Waals surface area contributed by atoms with E-state index in [9.17, 15) is 8.42 Å². The number of aromatic amines is 1. The van der Waals surface area contributed by atoms with Crippen molar-refractivity contribution in [2.24, 2.45) is 0 Å². The van der Waals surface area contributed by atoms with E-state index in [4.69, 9.17) is 15.1 Å². The molecule has 0 radical (unpaired) electrons. The molecule has 4 aromatic rings. The van der Waals surface area contributed by atoms with Crippen LogP contribution in [0.25, 0.3) is 11.0 Å². The zero-order chi connectivity index (χ0) is 30.0. The molecule has 0 aliphatic carbocycles. The Bertz CT molecular complexity index is 1690. The summed E-state index contributed by atoms with van der Waals surface area (Å²) < 4.78 is 32.4. The van der Waals surface area contributed by atoms with Crippen LogP contribution in [0.15, 0.2) is 47.5 Å². The maximum absolute atomic E-state index is 13.1. The van der Waals surface area contributed by atoms with Crippen molar-refractivity contribution < 1.29 is 13.2 Å². The Hall–Kier alpha value is -4.03. The summed E-state index contributed by atoms with van der Waals surface area (Å²) >= 11 is 0. The Morgan fingerprint density at radius 3 is 2.50 bits per heavy atom. The minimum Gasteiger partial charge on any atom is -0.489 e. The number of hydrogen-bond donors (Lipinski definition) is 4. The molecule has 0 unspecified atom stereocenters. The maximum Gasteiger partial charge on any atom is 0.231 e. The van der Waals surface area contributed by atoms with Crippen LogP contribution in [0.5, 0.6) is 5.75 Å². The molecule has 0 bridgehead atoms. The van der Waals surface area contributed by atoms with E-state index in [1.807, 2.05) is 26.0 Å². The number of aromatic nitrogens is 4. The van der Waals surface area contributed by atoms with Gasteiger partial charge in [-0.1, -0.05) is 12.1 Å². The second-order valence-corrected chi connectivity index (χ2v) is 13.7. The van der Waals surface area contributed by atoms with Gasteiger partial charge in [-0.3, -0.25) is 5.10 Å². The molecule has 1 aliphatic heterocycles. The lowest BCUT2D eigenvalue weighted by Gasteiger charge is -2.30. The Labute approximate surface area is 246 Å². The Morgan fingerprint density at radius 1 is 1.07 bits per heavy atom. The molecule has 2 aromatic carbocycles. The normalized spacial score (nSPS) is 14.9. The first-order valence-electron chi connectivity index (χ1n) is 14.2. The third-order valence-electron chi connectivity index (χ3n) is 7.49. The second-order valence-electron chi connectivity index (χ2n) is 11.2. The van der Waals surface area contributed by atoms with Crippen molar-refractivity contribution in [2.75, 3.05) is 30.8 Å². The van der Waals surface area contributed by atoms with E-state index in [0.717, 1.165) is 37.1 Å². The SMILES string of the molecule is CC(C)Oc1cc(C2CCN(C)CC2)c(C=N)cc1Nc1nc(Nc2ccccc2S(=O)(=O)C(C)C)c2cn[nH]c2n1. The summed E-state index contributed by atoms with van der Waals surface area (Å²) in [6.45, 7) is 9.29. The molecule has 12 heteroatoms. The van der Waals surface area contributed by atoms with Gasteiger partial charge in [-0.05, 0) is 102 Å².